The normalized spacial score (nSPS) is 27.4. The molecule has 3 aliphatic rings. The molecule has 2 heterocycles. The van der Waals surface area contributed by atoms with Crippen molar-refractivity contribution >= 4 is 29.2 Å². The minimum absolute atomic E-state index is 0.0479. The number of hydrogen-bond acceptors (Lipinski definition) is 15. The van der Waals surface area contributed by atoms with Gasteiger partial charge in [0.15, 0.2) is 5.78 Å². The number of aliphatic hydroxyl groups is 2. The number of aliphatic hydroxyl groups excluding tert-OH is 1. The molecular formula is C52H80N8O13. The van der Waals surface area contributed by atoms with Crippen LogP contribution in [0.4, 0.5) is 0 Å². The van der Waals surface area contributed by atoms with E-state index in [9.17, 15) is 44.2 Å². The smallest absolute Gasteiger partial charge is 0.326 e. The highest BCUT2D eigenvalue weighted by atomic mass is 16.6. The van der Waals surface area contributed by atoms with Crippen LogP contribution in [0.3, 0.4) is 0 Å². The fraction of sp³-hybridized carbons (Fsp3) is 0.750. The van der Waals surface area contributed by atoms with Crippen LogP contribution in [0.15, 0.2) is 63.0 Å². The molecule has 21 heteroatoms. The number of azide groups is 2. The molecule has 1 aliphatic carbocycles. The maximum Gasteiger partial charge on any atom is 0.326 e. The van der Waals surface area contributed by atoms with Crippen LogP contribution in [0.2, 0.25) is 0 Å². The summed E-state index contributed by atoms with van der Waals surface area (Å²) in [6, 6.07) is -1.65. The molecule has 0 aromatic heterocycles. The van der Waals surface area contributed by atoms with Crippen LogP contribution in [0.1, 0.15) is 126 Å². The topological polar surface area (TPSA) is 313 Å². The second kappa shape index (κ2) is 30.9. The number of nitroso groups, excluding NO2 is 1. The highest BCUT2D eigenvalue weighted by Gasteiger charge is 2.53. The zero-order valence-corrected chi connectivity index (χ0v) is 44.2. The Morgan fingerprint density at radius 3 is 2.26 bits per heavy atom. The second-order valence-electron chi connectivity index (χ2n) is 20.6. The van der Waals surface area contributed by atoms with Crippen molar-refractivity contribution in [3.05, 3.63) is 73.4 Å². The molecule has 0 aromatic rings. The van der Waals surface area contributed by atoms with Crippen molar-refractivity contribution in [3.8, 4) is 0 Å². The third kappa shape index (κ3) is 18.4. The van der Waals surface area contributed by atoms with Crippen molar-refractivity contribution < 1.29 is 58.2 Å². The lowest BCUT2D eigenvalue weighted by Crippen LogP contribution is -2.60. The summed E-state index contributed by atoms with van der Waals surface area (Å²) in [6.45, 7) is 12.6. The highest BCUT2D eigenvalue weighted by Crippen LogP contribution is 2.38. The lowest BCUT2D eigenvalue weighted by atomic mass is 9.76. The number of carbonyl (C=O) groups excluding carboxylic acids is 4. The van der Waals surface area contributed by atoms with Crippen LogP contribution < -0.4 is 0 Å². The van der Waals surface area contributed by atoms with Gasteiger partial charge < -0.3 is 39.2 Å². The third-order valence-corrected chi connectivity index (χ3v) is 15.1. The first-order valence-corrected chi connectivity index (χ1v) is 25.6. The fourth-order valence-electron chi connectivity index (χ4n) is 10.3. The van der Waals surface area contributed by atoms with E-state index in [1.54, 1.807) is 34.0 Å². The van der Waals surface area contributed by atoms with E-state index in [2.05, 4.69) is 32.2 Å². The van der Waals surface area contributed by atoms with Crippen molar-refractivity contribution in [2.24, 2.45) is 56.8 Å². The van der Waals surface area contributed by atoms with E-state index in [0.29, 0.717) is 50.5 Å². The number of allylic oxidation sites excluding steroid dienone is 5. The summed E-state index contributed by atoms with van der Waals surface area (Å²) in [5.74, 6) is -8.13. The predicted molar refractivity (Wildman–Crippen MR) is 272 cm³/mol. The van der Waals surface area contributed by atoms with Crippen LogP contribution >= 0.6 is 0 Å². The van der Waals surface area contributed by atoms with E-state index in [-0.39, 0.29) is 74.3 Å². The van der Waals surface area contributed by atoms with Crippen molar-refractivity contribution in [3.63, 3.8) is 0 Å². The number of carboxylic acids is 1. The van der Waals surface area contributed by atoms with Gasteiger partial charge in [0.2, 0.25) is 5.79 Å². The number of hydrogen-bond donors (Lipinski definition) is 3. The van der Waals surface area contributed by atoms with E-state index in [4.69, 9.17) is 30.0 Å². The van der Waals surface area contributed by atoms with Gasteiger partial charge in [0, 0.05) is 67.7 Å². The Hall–Kier alpha value is -5.11. The number of ketones is 3. The number of carboxylic acid groups (broad SMARTS) is 1. The molecule has 1 saturated carbocycles. The quantitative estimate of drug-likeness (QED) is 0.0115. The predicted octanol–water partition coefficient (Wildman–Crippen LogP) is 8.68. The molecule has 0 spiro atoms. The Bertz CT molecular complexity index is 2100. The lowest BCUT2D eigenvalue weighted by molar-refractivity contribution is -0.265. The Labute approximate surface area is 429 Å². The molecule has 2 aliphatic heterocycles. The number of likely N-dealkylation sites (tertiary alicyclic amines) is 1. The average molecular weight is 1030 g/mol. The molecule has 73 heavy (non-hydrogen) atoms. The molecule has 0 radical (unpaired) electrons. The van der Waals surface area contributed by atoms with E-state index in [1.807, 2.05) is 51.2 Å². The molecule has 21 nitrogen and oxygen atoms in total. The van der Waals surface area contributed by atoms with Gasteiger partial charge in [0.05, 0.1) is 18.3 Å². The van der Waals surface area contributed by atoms with E-state index in [1.165, 1.54) is 7.11 Å². The van der Waals surface area contributed by atoms with Crippen LogP contribution in [-0.4, -0.2) is 132 Å². The first-order chi connectivity index (χ1) is 34.7. The minimum atomic E-state index is -2.40. The highest BCUT2D eigenvalue weighted by molar-refractivity contribution is 6.39. The van der Waals surface area contributed by atoms with E-state index < -0.39 is 83.8 Å². The molecule has 406 valence electrons. The molecular weight excluding hydrogens is 945 g/mol. The number of Topliss-reactive ketones (excluding diaryl/α,β-unsaturated/α-hetero) is 3. The summed E-state index contributed by atoms with van der Waals surface area (Å²) >= 11 is 0. The van der Waals surface area contributed by atoms with Gasteiger partial charge in [-0.05, 0) is 124 Å². The fourth-order valence-corrected chi connectivity index (χ4v) is 10.3. The molecule has 15 atom stereocenters. The van der Waals surface area contributed by atoms with Crippen molar-refractivity contribution in [1.29, 1.82) is 0 Å². The maximum absolute atomic E-state index is 13.7. The Kier molecular flexibility index (Phi) is 26.4. The number of nitrogens with zero attached hydrogens (tertiary/aromatic N) is 8. The largest absolute Gasteiger partial charge is 0.480 e. The maximum atomic E-state index is 13.7. The summed E-state index contributed by atoms with van der Waals surface area (Å²) < 4.78 is 22.9. The number of rotatable bonds is 30. The monoisotopic (exact) mass is 1020 g/mol. The van der Waals surface area contributed by atoms with E-state index >= 15 is 0 Å². The third-order valence-electron chi connectivity index (χ3n) is 15.1. The van der Waals surface area contributed by atoms with Crippen LogP contribution in [0.25, 0.3) is 20.9 Å². The van der Waals surface area contributed by atoms with Gasteiger partial charge in [-0.25, -0.2) is 4.79 Å². The summed E-state index contributed by atoms with van der Waals surface area (Å²) in [6.07, 6.45) is 12.7. The Morgan fingerprint density at radius 1 is 0.904 bits per heavy atom. The van der Waals surface area contributed by atoms with Gasteiger partial charge in [-0.15, -0.1) is 0 Å². The van der Waals surface area contributed by atoms with Crippen LogP contribution in [0.5, 0.6) is 0 Å². The minimum Gasteiger partial charge on any atom is -0.480 e. The number of carbonyl (C=O) groups is 5. The summed E-state index contributed by atoms with van der Waals surface area (Å²) in [4.78, 5) is 84.0. The Balaban J connectivity index is 1.56. The van der Waals surface area contributed by atoms with Crippen LogP contribution in [0, 0.1) is 46.3 Å². The standard InChI is InChI=1S/C52H80N8O13/c1-31(15-11-10-12-16-32(2)44(70-8)28-40-20-18-37(7)52(68,73-40)49(64)50(65)60-22-14-13-17-42(60)51(66)67)23-35(5)46(62)48(71-9)47(63)36(6)25-39(29-55-58-53)43(61)26-34(4)33(3)24-38-19-21-41(57-69)45(27-38)72-30-56-59-54/h10-12,15-16,25,31,33-35,37-42,44-45,47-48,63,68H,13-14,17-24,26-30H2,1-9H3,(H,66,67)/b12-10+,15-11+,32-16+,36-25+/t31-,33-,34+,35-,37-,38+,39+,40+,41-,42+,44+,45-,47-,48+,52?/m1/s1. The molecule has 3 rings (SSSR count). The molecule has 2 saturated heterocycles. The van der Waals surface area contributed by atoms with Gasteiger partial charge in [0.1, 0.15) is 36.8 Å². The van der Waals surface area contributed by atoms with Crippen LogP contribution in [-0.2, 0) is 42.9 Å². The summed E-state index contributed by atoms with van der Waals surface area (Å²) in [5, 5.41) is 42.8. The van der Waals surface area contributed by atoms with E-state index in [0.717, 1.165) is 23.3 Å². The lowest BCUT2D eigenvalue weighted by Gasteiger charge is -2.42. The molecule has 3 fully saturated rings. The summed E-state index contributed by atoms with van der Waals surface area (Å²) in [5.41, 5.74) is 18.9. The molecule has 0 aromatic carbocycles. The SMILES string of the molecule is CO[C@@H](C[C@@H]1CC[C@@H](C)C(O)(C(=O)C(=O)N2CCCC[C@H]2C(=O)O)O1)/C(C)=C/C=C/C=C/[C@@H](C)C[C@@H](C)C(=O)[C@H](OC)[C@H](O)/C(C)=C/[C@@H](CN=[N+]=[N-])C(=O)C[C@H](C)[C@H](C)C[C@@H]1CC[C@@H](N=O)[C@H](OCN=[N+]=[N-])C1. The summed E-state index contributed by atoms with van der Waals surface area (Å²) in [7, 11) is 2.88. The zero-order chi connectivity index (χ0) is 54.4. The zero-order valence-electron chi connectivity index (χ0n) is 44.2. The Morgan fingerprint density at radius 2 is 1.62 bits per heavy atom. The first-order valence-electron chi connectivity index (χ1n) is 25.6. The molecule has 0 bridgehead atoms. The number of amides is 1. The van der Waals surface area contributed by atoms with Gasteiger partial charge >= 0.3 is 5.97 Å². The van der Waals surface area contributed by atoms with Gasteiger partial charge in [-0.2, -0.15) is 4.91 Å². The van der Waals surface area contributed by atoms with Gasteiger partial charge in [-0.1, -0.05) is 86.5 Å². The molecule has 1 unspecified atom stereocenters. The van der Waals surface area contributed by atoms with Crippen molar-refractivity contribution in [1.82, 2.24) is 4.90 Å². The first kappa shape index (κ1) is 62.2. The molecule has 1 amide bonds. The van der Waals surface area contributed by atoms with Gasteiger partial charge in [0.25, 0.3) is 11.7 Å². The average Bonchev–Trinajstić information content (AvgIpc) is 3.37. The van der Waals surface area contributed by atoms with Gasteiger partial charge in [-0.3, -0.25) is 19.2 Å². The molecule has 3 N–H and O–H groups in total. The van der Waals surface area contributed by atoms with Crippen molar-refractivity contribution in [2.45, 2.75) is 174 Å². The number of aliphatic carboxylic acids is 1. The number of ether oxygens (including phenoxy) is 4. The second-order valence-corrected chi connectivity index (χ2v) is 20.6. The number of piperidine rings is 1. The van der Waals surface area contributed by atoms with Crippen molar-refractivity contribution in [2.75, 3.05) is 34.0 Å². The number of methoxy groups -OCH3 is 2.